The number of ether oxygens (including phenoxy) is 1. The molecular formula is C8H17NO. The Morgan fingerprint density at radius 2 is 1.80 bits per heavy atom. The van der Waals surface area contributed by atoms with E-state index in [1.807, 2.05) is 7.05 Å². The molecule has 0 radical (unpaired) electrons. The van der Waals surface area contributed by atoms with Crippen LogP contribution >= 0.6 is 0 Å². The molecule has 0 bridgehead atoms. The zero-order valence-corrected chi connectivity index (χ0v) is 7.22. The fourth-order valence-corrected chi connectivity index (χ4v) is 1.24. The third-order valence-electron chi connectivity index (χ3n) is 2.17. The van der Waals surface area contributed by atoms with Crippen LogP contribution in [0.25, 0.3) is 0 Å². The van der Waals surface area contributed by atoms with Gasteiger partial charge in [-0.05, 0) is 19.9 Å². The second kappa shape index (κ2) is 2.89. The Bertz CT molecular complexity index is 114. The van der Waals surface area contributed by atoms with Gasteiger partial charge in [-0.25, -0.2) is 0 Å². The lowest BCUT2D eigenvalue weighted by atomic mass is 10.0. The van der Waals surface area contributed by atoms with E-state index in [1.165, 1.54) is 0 Å². The molecule has 1 heterocycles. The number of rotatable bonds is 3. The summed E-state index contributed by atoms with van der Waals surface area (Å²) in [6, 6.07) is 0.507. The van der Waals surface area contributed by atoms with E-state index < -0.39 is 0 Å². The smallest absolute Gasteiger partial charge is 0.0994 e. The molecular weight excluding hydrogens is 126 g/mol. The Morgan fingerprint density at radius 1 is 1.20 bits per heavy atom. The van der Waals surface area contributed by atoms with Gasteiger partial charge in [-0.15, -0.1) is 0 Å². The maximum atomic E-state index is 5.47. The highest BCUT2D eigenvalue weighted by atomic mass is 16.6. The minimum atomic E-state index is 0.463. The monoisotopic (exact) mass is 143 g/mol. The van der Waals surface area contributed by atoms with E-state index in [1.54, 1.807) is 0 Å². The largest absolute Gasteiger partial charge is 0.368 e. The molecule has 0 aliphatic carbocycles. The summed E-state index contributed by atoms with van der Waals surface area (Å²) in [5.41, 5.74) is 0. The van der Waals surface area contributed by atoms with Crippen LogP contribution in [-0.4, -0.2) is 25.3 Å². The maximum absolute atomic E-state index is 5.47. The molecule has 0 aromatic heterocycles. The minimum absolute atomic E-state index is 0.463. The standard InChI is InChI=1S/C8H17NO/c1-5(2)7-8(10-7)6(3)9-4/h5-9H,1-4H3. The Labute approximate surface area is 63.0 Å². The summed E-state index contributed by atoms with van der Waals surface area (Å²) in [5, 5.41) is 3.19. The van der Waals surface area contributed by atoms with Crippen LogP contribution in [-0.2, 0) is 4.74 Å². The summed E-state index contributed by atoms with van der Waals surface area (Å²) in [5.74, 6) is 0.667. The van der Waals surface area contributed by atoms with Crippen LogP contribution in [0, 0.1) is 5.92 Å². The highest BCUT2D eigenvalue weighted by molar-refractivity contribution is 4.93. The lowest BCUT2D eigenvalue weighted by molar-refractivity contribution is 0.317. The molecule has 0 aromatic carbocycles. The van der Waals surface area contributed by atoms with Gasteiger partial charge in [0.1, 0.15) is 0 Å². The van der Waals surface area contributed by atoms with Crippen LogP contribution in [0.3, 0.4) is 0 Å². The van der Waals surface area contributed by atoms with Crippen LogP contribution in [0.15, 0.2) is 0 Å². The van der Waals surface area contributed by atoms with Gasteiger partial charge in [-0.2, -0.15) is 0 Å². The molecule has 3 unspecified atom stereocenters. The van der Waals surface area contributed by atoms with Gasteiger partial charge < -0.3 is 10.1 Å². The van der Waals surface area contributed by atoms with E-state index in [9.17, 15) is 0 Å². The van der Waals surface area contributed by atoms with Crippen molar-refractivity contribution in [2.24, 2.45) is 5.92 Å². The lowest BCUT2D eigenvalue weighted by Crippen LogP contribution is -2.29. The highest BCUT2D eigenvalue weighted by Crippen LogP contribution is 2.31. The van der Waals surface area contributed by atoms with Crippen molar-refractivity contribution in [1.29, 1.82) is 0 Å². The zero-order valence-electron chi connectivity index (χ0n) is 7.22. The van der Waals surface area contributed by atoms with Crippen molar-refractivity contribution in [1.82, 2.24) is 5.32 Å². The highest BCUT2D eigenvalue weighted by Gasteiger charge is 2.44. The van der Waals surface area contributed by atoms with E-state index >= 15 is 0 Å². The summed E-state index contributed by atoms with van der Waals surface area (Å²) >= 11 is 0. The number of hydrogen-bond donors (Lipinski definition) is 1. The van der Waals surface area contributed by atoms with E-state index in [0.29, 0.717) is 24.2 Å². The van der Waals surface area contributed by atoms with Gasteiger partial charge in [-0.3, -0.25) is 0 Å². The van der Waals surface area contributed by atoms with Gasteiger partial charge in [0.15, 0.2) is 0 Å². The summed E-state index contributed by atoms with van der Waals surface area (Å²) < 4.78 is 5.47. The van der Waals surface area contributed by atoms with Crippen LogP contribution in [0.5, 0.6) is 0 Å². The van der Waals surface area contributed by atoms with Crippen molar-refractivity contribution < 1.29 is 4.74 Å². The fraction of sp³-hybridized carbons (Fsp3) is 1.00. The van der Waals surface area contributed by atoms with Crippen LogP contribution in [0.2, 0.25) is 0 Å². The van der Waals surface area contributed by atoms with E-state index in [0.717, 1.165) is 0 Å². The Kier molecular flexibility index (Phi) is 2.32. The Balaban J connectivity index is 2.24. The first-order valence-electron chi connectivity index (χ1n) is 3.99. The van der Waals surface area contributed by atoms with Crippen molar-refractivity contribution in [3.63, 3.8) is 0 Å². The SMILES string of the molecule is CNC(C)C1OC1C(C)C. The normalized spacial score (nSPS) is 34.5. The first-order valence-corrected chi connectivity index (χ1v) is 3.99. The van der Waals surface area contributed by atoms with Crippen LogP contribution in [0.1, 0.15) is 20.8 Å². The summed E-state index contributed by atoms with van der Waals surface area (Å²) in [6.45, 7) is 6.56. The van der Waals surface area contributed by atoms with Crippen molar-refractivity contribution in [2.75, 3.05) is 7.05 Å². The van der Waals surface area contributed by atoms with Gasteiger partial charge in [0.2, 0.25) is 0 Å². The summed E-state index contributed by atoms with van der Waals surface area (Å²) in [6.07, 6.45) is 0.965. The molecule has 1 saturated heterocycles. The molecule has 3 atom stereocenters. The quantitative estimate of drug-likeness (QED) is 0.596. The first kappa shape index (κ1) is 8.02. The van der Waals surface area contributed by atoms with Crippen LogP contribution < -0.4 is 5.32 Å². The second-order valence-corrected chi connectivity index (χ2v) is 3.39. The molecule has 1 fully saturated rings. The molecule has 0 spiro atoms. The Morgan fingerprint density at radius 3 is 2.10 bits per heavy atom. The predicted molar refractivity (Wildman–Crippen MR) is 42.0 cm³/mol. The van der Waals surface area contributed by atoms with E-state index in [4.69, 9.17) is 4.74 Å². The van der Waals surface area contributed by atoms with E-state index in [-0.39, 0.29) is 0 Å². The Hall–Kier alpha value is -0.0800. The molecule has 60 valence electrons. The number of hydrogen-bond acceptors (Lipinski definition) is 2. The topological polar surface area (TPSA) is 24.6 Å². The average molecular weight is 143 g/mol. The lowest BCUT2D eigenvalue weighted by Gasteiger charge is -2.05. The first-order chi connectivity index (χ1) is 4.66. The molecule has 0 aromatic rings. The number of likely N-dealkylation sites (N-methyl/N-ethyl adjacent to an activating group) is 1. The maximum Gasteiger partial charge on any atom is 0.0994 e. The predicted octanol–water partition coefficient (Wildman–Crippen LogP) is 1.02. The number of epoxide rings is 1. The third kappa shape index (κ3) is 1.50. The molecule has 2 heteroatoms. The zero-order chi connectivity index (χ0) is 7.72. The molecule has 0 saturated carbocycles. The number of nitrogens with one attached hydrogen (secondary N) is 1. The second-order valence-electron chi connectivity index (χ2n) is 3.39. The fourth-order valence-electron chi connectivity index (χ4n) is 1.24. The molecule has 1 N–H and O–H groups in total. The van der Waals surface area contributed by atoms with Crippen molar-refractivity contribution >= 4 is 0 Å². The van der Waals surface area contributed by atoms with Crippen molar-refractivity contribution in [2.45, 2.75) is 39.0 Å². The van der Waals surface area contributed by atoms with Gasteiger partial charge in [0.25, 0.3) is 0 Å². The molecule has 1 aliphatic heterocycles. The molecule has 1 aliphatic rings. The van der Waals surface area contributed by atoms with E-state index in [2.05, 4.69) is 26.1 Å². The van der Waals surface area contributed by atoms with Gasteiger partial charge in [0.05, 0.1) is 12.2 Å². The van der Waals surface area contributed by atoms with Gasteiger partial charge in [-0.1, -0.05) is 13.8 Å². The van der Waals surface area contributed by atoms with Crippen molar-refractivity contribution in [3.05, 3.63) is 0 Å². The molecule has 1 rings (SSSR count). The average Bonchev–Trinajstić information content (AvgIpc) is 2.64. The minimum Gasteiger partial charge on any atom is -0.368 e. The van der Waals surface area contributed by atoms with Gasteiger partial charge in [0, 0.05) is 6.04 Å². The third-order valence-corrected chi connectivity index (χ3v) is 2.17. The van der Waals surface area contributed by atoms with Gasteiger partial charge >= 0.3 is 0 Å². The summed E-state index contributed by atoms with van der Waals surface area (Å²) in [4.78, 5) is 0. The van der Waals surface area contributed by atoms with Crippen LogP contribution in [0.4, 0.5) is 0 Å². The molecule has 10 heavy (non-hydrogen) atoms. The van der Waals surface area contributed by atoms with Crippen molar-refractivity contribution in [3.8, 4) is 0 Å². The molecule has 2 nitrogen and oxygen atoms in total. The summed E-state index contributed by atoms with van der Waals surface area (Å²) in [7, 11) is 1.98. The molecule has 0 amide bonds.